The largest absolute Gasteiger partial charge is 0.493 e. The summed E-state index contributed by atoms with van der Waals surface area (Å²) in [6.45, 7) is 8.95. The Morgan fingerprint density at radius 1 is 1.25 bits per heavy atom. The van der Waals surface area contributed by atoms with Crippen molar-refractivity contribution in [2.75, 3.05) is 19.7 Å². The summed E-state index contributed by atoms with van der Waals surface area (Å²) in [5, 5.41) is 0.782. The van der Waals surface area contributed by atoms with Crippen LogP contribution in [0, 0.1) is 5.82 Å². The summed E-state index contributed by atoms with van der Waals surface area (Å²) in [5.74, 6) is 0.213. The average Bonchev–Trinajstić information content (AvgIpc) is 3.18. The van der Waals surface area contributed by atoms with Crippen molar-refractivity contribution in [1.82, 2.24) is 19.9 Å². The van der Waals surface area contributed by atoms with Gasteiger partial charge in [0, 0.05) is 29.7 Å². The fourth-order valence-electron chi connectivity index (χ4n) is 3.70. The fourth-order valence-corrected chi connectivity index (χ4v) is 3.70. The Hall–Kier alpha value is -3.42. The van der Waals surface area contributed by atoms with Gasteiger partial charge in [-0.25, -0.2) is 19.2 Å². The quantitative estimate of drug-likeness (QED) is 0.607. The molecule has 3 aromatic rings. The van der Waals surface area contributed by atoms with Gasteiger partial charge < -0.3 is 19.4 Å². The molecule has 0 bridgehead atoms. The Labute approximate surface area is 186 Å². The minimum Gasteiger partial charge on any atom is -0.493 e. The molecule has 0 atom stereocenters. The predicted molar refractivity (Wildman–Crippen MR) is 121 cm³/mol. The molecule has 1 amide bonds. The highest BCUT2D eigenvalue weighted by Gasteiger charge is 2.24. The summed E-state index contributed by atoms with van der Waals surface area (Å²) in [4.78, 5) is 26.1. The average molecular weight is 439 g/mol. The van der Waals surface area contributed by atoms with E-state index >= 15 is 0 Å². The number of nitrogens with one attached hydrogen (secondary N) is 1. The monoisotopic (exact) mass is 438 g/mol. The maximum Gasteiger partial charge on any atom is 0.410 e. The van der Waals surface area contributed by atoms with E-state index in [-0.39, 0.29) is 11.9 Å². The zero-order valence-corrected chi connectivity index (χ0v) is 18.7. The lowest BCUT2D eigenvalue weighted by atomic mass is 10.0. The number of fused-ring (bicyclic) bond motifs is 1. The molecule has 168 valence electrons. The molecule has 2 aromatic heterocycles. The number of halogens is 1. The third kappa shape index (κ3) is 4.59. The molecule has 0 fully saturated rings. The Bertz CT molecular complexity index is 1180. The molecular formula is C24H27FN4O3. The number of carbonyl (C=O) groups is 1. The van der Waals surface area contributed by atoms with Gasteiger partial charge in [0.1, 0.15) is 29.1 Å². The fraction of sp³-hybridized carbons (Fsp3) is 0.375. The smallest absolute Gasteiger partial charge is 0.410 e. The van der Waals surface area contributed by atoms with Gasteiger partial charge in [-0.1, -0.05) is 6.08 Å². The molecule has 1 aromatic carbocycles. The van der Waals surface area contributed by atoms with Gasteiger partial charge in [-0.05, 0) is 64.0 Å². The van der Waals surface area contributed by atoms with Gasteiger partial charge in [0.25, 0.3) is 0 Å². The number of aromatic nitrogens is 3. The number of benzene rings is 1. The molecule has 8 heteroatoms. The molecular weight excluding hydrogens is 411 g/mol. The van der Waals surface area contributed by atoms with Crippen LogP contribution in [-0.2, 0) is 4.74 Å². The van der Waals surface area contributed by atoms with Crippen LogP contribution in [0.1, 0.15) is 39.8 Å². The van der Waals surface area contributed by atoms with Crippen molar-refractivity contribution in [3.05, 3.63) is 48.2 Å². The number of carbonyl (C=O) groups excluding carboxylic acids is 1. The van der Waals surface area contributed by atoms with Crippen LogP contribution in [0.25, 0.3) is 27.9 Å². The molecule has 3 heterocycles. The molecule has 0 spiro atoms. The van der Waals surface area contributed by atoms with E-state index in [2.05, 4.69) is 15.0 Å². The number of amides is 1. The van der Waals surface area contributed by atoms with Crippen LogP contribution in [0.3, 0.4) is 0 Å². The molecule has 0 radical (unpaired) electrons. The van der Waals surface area contributed by atoms with Crippen molar-refractivity contribution in [2.45, 2.75) is 39.7 Å². The van der Waals surface area contributed by atoms with E-state index < -0.39 is 5.60 Å². The van der Waals surface area contributed by atoms with Crippen LogP contribution in [0.4, 0.5) is 9.18 Å². The number of aromatic amines is 1. The van der Waals surface area contributed by atoms with Crippen LogP contribution >= 0.6 is 0 Å². The van der Waals surface area contributed by atoms with Gasteiger partial charge in [-0.3, -0.25) is 0 Å². The van der Waals surface area contributed by atoms with Crippen molar-refractivity contribution >= 4 is 22.7 Å². The van der Waals surface area contributed by atoms with Crippen LogP contribution in [0.15, 0.2) is 36.7 Å². The highest BCUT2D eigenvalue weighted by molar-refractivity contribution is 5.94. The lowest BCUT2D eigenvalue weighted by molar-refractivity contribution is 0.0270. The normalized spacial score (nSPS) is 14.4. The lowest BCUT2D eigenvalue weighted by Crippen LogP contribution is -2.39. The second-order valence-electron chi connectivity index (χ2n) is 8.65. The van der Waals surface area contributed by atoms with Crippen LogP contribution in [-0.4, -0.2) is 51.2 Å². The minimum atomic E-state index is -0.523. The number of H-pyrrole nitrogens is 1. The number of hydrogen-bond donors (Lipinski definition) is 1. The van der Waals surface area contributed by atoms with E-state index in [0.717, 1.165) is 16.7 Å². The third-order valence-corrected chi connectivity index (χ3v) is 5.13. The molecule has 0 unspecified atom stereocenters. The number of hydrogen-bond acceptors (Lipinski definition) is 5. The highest BCUT2D eigenvalue weighted by atomic mass is 19.1. The molecule has 1 aliphatic heterocycles. The Morgan fingerprint density at radius 2 is 2.06 bits per heavy atom. The summed E-state index contributed by atoms with van der Waals surface area (Å²) < 4.78 is 25.2. The maximum atomic E-state index is 14.0. The SMILES string of the molecule is CCOc1ccc(F)cc1-c1ncnc2[nH]c(C3=CCN(C(=O)OC(C)(C)C)CC3)cc12. The van der Waals surface area contributed by atoms with E-state index in [4.69, 9.17) is 9.47 Å². The first-order chi connectivity index (χ1) is 15.2. The molecule has 32 heavy (non-hydrogen) atoms. The van der Waals surface area contributed by atoms with E-state index in [1.807, 2.05) is 39.8 Å². The van der Waals surface area contributed by atoms with Gasteiger partial charge in [0.15, 0.2) is 0 Å². The molecule has 1 aliphatic rings. The summed E-state index contributed by atoms with van der Waals surface area (Å²) >= 11 is 0. The van der Waals surface area contributed by atoms with E-state index in [0.29, 0.717) is 48.8 Å². The van der Waals surface area contributed by atoms with Gasteiger partial charge >= 0.3 is 6.09 Å². The summed E-state index contributed by atoms with van der Waals surface area (Å²) in [6.07, 6.45) is 3.84. The van der Waals surface area contributed by atoms with Crippen LogP contribution in [0.5, 0.6) is 5.75 Å². The molecule has 0 aliphatic carbocycles. The zero-order chi connectivity index (χ0) is 22.9. The van der Waals surface area contributed by atoms with Gasteiger partial charge in [-0.15, -0.1) is 0 Å². The van der Waals surface area contributed by atoms with Crippen molar-refractivity contribution in [3.63, 3.8) is 0 Å². The Balaban J connectivity index is 1.64. The zero-order valence-electron chi connectivity index (χ0n) is 18.7. The lowest BCUT2D eigenvalue weighted by Gasteiger charge is -2.29. The second kappa shape index (κ2) is 8.61. The minimum absolute atomic E-state index is 0.313. The molecule has 1 N–H and O–H groups in total. The van der Waals surface area contributed by atoms with E-state index in [9.17, 15) is 9.18 Å². The highest BCUT2D eigenvalue weighted by Crippen LogP contribution is 2.35. The number of nitrogens with zero attached hydrogens (tertiary/aromatic N) is 3. The van der Waals surface area contributed by atoms with Crippen LogP contribution in [0.2, 0.25) is 0 Å². The Morgan fingerprint density at radius 3 is 2.75 bits per heavy atom. The van der Waals surface area contributed by atoms with Crippen LogP contribution < -0.4 is 4.74 Å². The summed E-state index contributed by atoms with van der Waals surface area (Å²) in [5.41, 5.74) is 3.31. The number of rotatable bonds is 4. The maximum absolute atomic E-state index is 14.0. The van der Waals surface area contributed by atoms with Crippen molar-refractivity contribution in [1.29, 1.82) is 0 Å². The molecule has 0 saturated carbocycles. The standard InChI is InChI=1S/C24H27FN4O3/c1-5-31-20-7-6-16(25)12-17(20)21-18-13-19(28-22(18)27-14-26-21)15-8-10-29(11-9-15)23(30)32-24(2,3)4/h6-8,12-14H,5,9-11H2,1-4H3,(H,26,27,28). The van der Waals surface area contributed by atoms with E-state index in [1.54, 1.807) is 11.0 Å². The Kier molecular flexibility index (Phi) is 5.86. The summed E-state index contributed by atoms with van der Waals surface area (Å²) in [7, 11) is 0. The first-order valence-corrected chi connectivity index (χ1v) is 10.7. The van der Waals surface area contributed by atoms with Gasteiger partial charge in [0.05, 0.1) is 12.3 Å². The van der Waals surface area contributed by atoms with Crippen molar-refractivity contribution < 1.29 is 18.7 Å². The molecule has 7 nitrogen and oxygen atoms in total. The third-order valence-electron chi connectivity index (χ3n) is 5.13. The van der Waals surface area contributed by atoms with E-state index in [1.165, 1.54) is 18.5 Å². The summed E-state index contributed by atoms with van der Waals surface area (Å²) in [6, 6.07) is 6.39. The van der Waals surface area contributed by atoms with Crippen molar-refractivity contribution in [3.8, 4) is 17.0 Å². The predicted octanol–water partition coefficient (Wildman–Crippen LogP) is 5.19. The first kappa shape index (κ1) is 21.8. The topological polar surface area (TPSA) is 80.3 Å². The van der Waals surface area contributed by atoms with Gasteiger partial charge in [-0.2, -0.15) is 0 Å². The second-order valence-corrected chi connectivity index (χ2v) is 8.65. The first-order valence-electron chi connectivity index (χ1n) is 10.7. The van der Waals surface area contributed by atoms with Gasteiger partial charge in [0.2, 0.25) is 0 Å². The number of ether oxygens (including phenoxy) is 2. The van der Waals surface area contributed by atoms with Crippen molar-refractivity contribution in [2.24, 2.45) is 0 Å². The molecule has 4 rings (SSSR count). The molecule has 0 saturated heterocycles.